The molecule has 1 atom stereocenters. The summed E-state index contributed by atoms with van der Waals surface area (Å²) in [7, 11) is 0. The monoisotopic (exact) mass is 184 g/mol. The van der Waals surface area contributed by atoms with E-state index in [1.807, 2.05) is 0 Å². The molecule has 0 aromatic heterocycles. The van der Waals surface area contributed by atoms with E-state index < -0.39 is 0 Å². The van der Waals surface area contributed by atoms with E-state index in [0.717, 1.165) is 6.42 Å². The van der Waals surface area contributed by atoms with E-state index in [1.165, 1.54) is 32.1 Å². The SMILES string of the molecule is [CH2-]C(CC)CCCC.[CH2-]CCC.[Li+].[Li+]. The van der Waals surface area contributed by atoms with Crippen molar-refractivity contribution in [1.29, 1.82) is 0 Å². The van der Waals surface area contributed by atoms with Crippen molar-refractivity contribution in [3.8, 4) is 0 Å². The van der Waals surface area contributed by atoms with Crippen LogP contribution in [0.3, 0.4) is 0 Å². The summed E-state index contributed by atoms with van der Waals surface area (Å²) < 4.78 is 0. The van der Waals surface area contributed by atoms with Gasteiger partial charge in [-0.25, -0.2) is 0 Å². The van der Waals surface area contributed by atoms with Crippen molar-refractivity contribution in [2.45, 2.75) is 59.3 Å². The molecule has 0 aliphatic carbocycles. The molecule has 0 heterocycles. The van der Waals surface area contributed by atoms with Gasteiger partial charge in [0.15, 0.2) is 0 Å². The molecule has 0 saturated carbocycles. The van der Waals surface area contributed by atoms with Gasteiger partial charge in [0.25, 0.3) is 0 Å². The fourth-order valence-corrected chi connectivity index (χ4v) is 0.697. The smallest absolute Gasteiger partial charge is 0.343 e. The van der Waals surface area contributed by atoms with E-state index in [1.54, 1.807) is 0 Å². The van der Waals surface area contributed by atoms with Crippen LogP contribution in [-0.2, 0) is 0 Å². The summed E-state index contributed by atoms with van der Waals surface area (Å²) in [6.07, 6.45) is 7.49. The van der Waals surface area contributed by atoms with Gasteiger partial charge in [0, 0.05) is 0 Å². The Balaban J connectivity index is -0.0000000733. The number of hydrogen-bond donors (Lipinski definition) is 0. The summed E-state index contributed by atoms with van der Waals surface area (Å²) in [5.41, 5.74) is 0. The molecule has 14 heavy (non-hydrogen) atoms. The molecule has 0 aliphatic rings. The van der Waals surface area contributed by atoms with Gasteiger partial charge < -0.3 is 13.8 Å². The largest absolute Gasteiger partial charge is 1.00 e. The second kappa shape index (κ2) is 23.8. The fourth-order valence-electron chi connectivity index (χ4n) is 0.697. The zero-order valence-corrected chi connectivity index (χ0v) is 11.2. The fraction of sp³-hybridized carbons (Fsp3) is 0.833. The molecule has 0 aromatic carbocycles. The average molecular weight is 184 g/mol. The van der Waals surface area contributed by atoms with Crippen molar-refractivity contribution in [3.05, 3.63) is 13.8 Å². The van der Waals surface area contributed by atoms with Crippen LogP contribution in [0, 0.1) is 19.8 Å². The van der Waals surface area contributed by atoms with E-state index in [-0.39, 0.29) is 37.7 Å². The first-order valence-corrected chi connectivity index (χ1v) is 5.35. The van der Waals surface area contributed by atoms with Crippen LogP contribution in [-0.4, -0.2) is 0 Å². The van der Waals surface area contributed by atoms with Crippen LogP contribution in [0.2, 0.25) is 0 Å². The van der Waals surface area contributed by atoms with Gasteiger partial charge in [-0.05, 0) is 0 Å². The normalized spacial score (nSPS) is 10.1. The third-order valence-electron chi connectivity index (χ3n) is 1.90. The van der Waals surface area contributed by atoms with Gasteiger partial charge in [-0.2, -0.15) is 12.3 Å². The minimum absolute atomic E-state index is 0. The molecule has 0 radical (unpaired) electrons. The average Bonchev–Trinajstić information content (AvgIpc) is 2.14. The van der Waals surface area contributed by atoms with Gasteiger partial charge in [0.05, 0.1) is 0 Å². The van der Waals surface area contributed by atoms with Gasteiger partial charge in [-0.1, -0.05) is 52.9 Å². The first-order chi connectivity index (χ1) is 5.72. The molecule has 0 rings (SSSR count). The van der Waals surface area contributed by atoms with E-state index in [9.17, 15) is 0 Å². The molecule has 0 amide bonds. The molecule has 1 unspecified atom stereocenters. The Kier molecular flexibility index (Phi) is 41.5. The van der Waals surface area contributed by atoms with E-state index in [2.05, 4.69) is 34.6 Å². The van der Waals surface area contributed by atoms with Crippen molar-refractivity contribution in [2.24, 2.45) is 5.92 Å². The van der Waals surface area contributed by atoms with Crippen molar-refractivity contribution < 1.29 is 37.7 Å². The predicted octanol–water partition coefficient (Wildman–Crippen LogP) is -1.33. The topological polar surface area (TPSA) is 0 Å². The van der Waals surface area contributed by atoms with Gasteiger partial charge in [-0.3, -0.25) is 0 Å². The second-order valence-electron chi connectivity index (χ2n) is 3.27. The van der Waals surface area contributed by atoms with Crippen molar-refractivity contribution in [1.82, 2.24) is 0 Å². The van der Waals surface area contributed by atoms with Crippen LogP contribution in [0.4, 0.5) is 0 Å². The Hall–Kier alpha value is 1.19. The minimum atomic E-state index is 0. The molecule has 0 N–H and O–H groups in total. The third-order valence-corrected chi connectivity index (χ3v) is 1.90. The van der Waals surface area contributed by atoms with Crippen LogP contribution in [0.5, 0.6) is 0 Å². The molecule has 0 saturated heterocycles. The Morgan fingerprint density at radius 1 is 1.00 bits per heavy atom. The molecule has 0 fully saturated rings. The van der Waals surface area contributed by atoms with Crippen molar-refractivity contribution in [2.75, 3.05) is 0 Å². The summed E-state index contributed by atoms with van der Waals surface area (Å²) in [5.74, 6) is 0.704. The van der Waals surface area contributed by atoms with Gasteiger partial charge >= 0.3 is 37.7 Å². The summed E-state index contributed by atoms with van der Waals surface area (Å²) in [5, 5.41) is 0. The maximum absolute atomic E-state index is 3.99. The van der Waals surface area contributed by atoms with Crippen LogP contribution in [0.15, 0.2) is 0 Å². The molecular weight excluding hydrogens is 158 g/mol. The van der Waals surface area contributed by atoms with Crippen molar-refractivity contribution >= 4 is 0 Å². The molecule has 0 spiro atoms. The molecule has 0 bridgehead atoms. The van der Waals surface area contributed by atoms with E-state index in [0.29, 0.717) is 5.92 Å². The number of rotatable bonds is 5. The number of hydrogen-bond acceptors (Lipinski definition) is 0. The zero-order valence-electron chi connectivity index (χ0n) is 11.2. The maximum atomic E-state index is 3.99. The Labute approximate surface area is 116 Å². The van der Waals surface area contributed by atoms with E-state index in [4.69, 9.17) is 0 Å². The van der Waals surface area contributed by atoms with Gasteiger partial charge in [0.1, 0.15) is 0 Å². The van der Waals surface area contributed by atoms with Crippen molar-refractivity contribution in [3.63, 3.8) is 0 Å². The van der Waals surface area contributed by atoms with Crippen LogP contribution >= 0.6 is 0 Å². The van der Waals surface area contributed by atoms with Gasteiger partial charge in [-0.15, -0.1) is 0 Å². The quantitative estimate of drug-likeness (QED) is 0.367. The summed E-state index contributed by atoms with van der Waals surface area (Å²) in [6, 6.07) is 0. The van der Waals surface area contributed by atoms with Gasteiger partial charge in [0.2, 0.25) is 0 Å². The van der Waals surface area contributed by atoms with Crippen LogP contribution in [0.25, 0.3) is 0 Å². The summed E-state index contributed by atoms with van der Waals surface area (Å²) in [4.78, 5) is 0. The summed E-state index contributed by atoms with van der Waals surface area (Å²) in [6.45, 7) is 14.1. The Morgan fingerprint density at radius 3 is 1.64 bits per heavy atom. The number of unbranched alkanes of at least 4 members (excludes halogenated alkanes) is 2. The molecule has 76 valence electrons. The van der Waals surface area contributed by atoms with Crippen LogP contribution in [0.1, 0.15) is 59.3 Å². The zero-order chi connectivity index (χ0) is 9.82. The maximum Gasteiger partial charge on any atom is 1.00 e. The minimum Gasteiger partial charge on any atom is -0.343 e. The van der Waals surface area contributed by atoms with Crippen LogP contribution < -0.4 is 37.7 Å². The summed E-state index contributed by atoms with van der Waals surface area (Å²) >= 11 is 0. The molecule has 2 heteroatoms. The first-order valence-electron chi connectivity index (χ1n) is 5.35. The second-order valence-corrected chi connectivity index (χ2v) is 3.27. The molecule has 0 aromatic rings. The third kappa shape index (κ3) is 29.2. The molecular formula is C12H26Li2. The Morgan fingerprint density at radius 2 is 1.43 bits per heavy atom. The molecule has 0 nitrogen and oxygen atoms in total. The Bertz CT molecular complexity index is 63.3. The molecule has 0 aliphatic heterocycles. The van der Waals surface area contributed by atoms with E-state index >= 15 is 0 Å². The standard InChI is InChI=1S/C8H17.C4H9.2Li/c1-4-6-7-8(3)5-2;1-3-4-2;;/h8H,3-7H2,1-2H3;1,3-4H2,2H3;;/q2*-1;2*+1. The predicted molar refractivity (Wildman–Crippen MR) is 58.9 cm³/mol. The first kappa shape index (κ1) is 24.4.